The van der Waals surface area contributed by atoms with E-state index in [1.165, 1.54) is 18.9 Å². The Morgan fingerprint density at radius 1 is 1.24 bits per heavy atom. The van der Waals surface area contributed by atoms with Crippen LogP contribution in [0.1, 0.15) is 36.9 Å². The first-order valence-corrected chi connectivity index (χ1v) is 6.67. The minimum atomic E-state index is -0.527. The molecule has 0 aromatic heterocycles. The minimum absolute atomic E-state index is 0.0933. The summed E-state index contributed by atoms with van der Waals surface area (Å²) in [5.41, 5.74) is 1.83. The van der Waals surface area contributed by atoms with Gasteiger partial charge in [0.25, 0.3) is 0 Å². The van der Waals surface area contributed by atoms with Crippen molar-refractivity contribution >= 4 is 23.7 Å². The van der Waals surface area contributed by atoms with Crippen LogP contribution in [-0.2, 0) is 14.3 Å². The predicted molar refractivity (Wildman–Crippen MR) is 77.4 cm³/mol. The smallest absolute Gasteiger partial charge is 0.414 e. The fourth-order valence-corrected chi connectivity index (χ4v) is 2.45. The van der Waals surface area contributed by atoms with Gasteiger partial charge in [0.15, 0.2) is 0 Å². The molecule has 2 rings (SSSR count). The predicted octanol–water partition coefficient (Wildman–Crippen LogP) is 2.72. The van der Waals surface area contributed by atoms with Crippen molar-refractivity contribution in [3.8, 4) is 0 Å². The molecule has 0 saturated heterocycles. The molecule has 0 fully saturated rings. The number of carbonyl (C=O) groups is 3. The van der Waals surface area contributed by atoms with Crippen LogP contribution in [0.3, 0.4) is 0 Å². The van der Waals surface area contributed by atoms with Gasteiger partial charge in [-0.2, -0.15) is 0 Å². The second-order valence-electron chi connectivity index (χ2n) is 4.96. The maximum atomic E-state index is 12.0. The minimum Gasteiger partial charge on any atom is -0.452 e. The second kappa shape index (κ2) is 6.35. The number of benzene rings is 1. The van der Waals surface area contributed by atoms with Crippen LogP contribution in [0.5, 0.6) is 0 Å². The molecule has 1 aromatic carbocycles. The molecule has 1 heterocycles. The molecule has 0 N–H and O–H groups in total. The third-order valence-electron chi connectivity index (χ3n) is 3.36. The molecule has 0 spiro atoms. The number of Topliss-reactive ketones (excluding diaryl/α,β-unsaturated/α-hetero) is 2. The van der Waals surface area contributed by atoms with Gasteiger partial charge in [0, 0.05) is 12.6 Å². The first-order valence-electron chi connectivity index (χ1n) is 6.67. The molecule has 110 valence electrons. The highest BCUT2D eigenvalue weighted by Gasteiger charge is 2.30. The summed E-state index contributed by atoms with van der Waals surface area (Å²) in [6.45, 7) is 1.38. The van der Waals surface area contributed by atoms with E-state index in [1.807, 2.05) is 24.3 Å². The third-order valence-corrected chi connectivity index (χ3v) is 3.36. The molecule has 1 unspecified atom stereocenters. The molecule has 5 nitrogen and oxygen atoms in total. The Bertz CT molecular complexity index is 606. The van der Waals surface area contributed by atoms with Crippen LogP contribution in [0.2, 0.25) is 0 Å². The van der Waals surface area contributed by atoms with Crippen LogP contribution in [0.25, 0.3) is 6.08 Å². The number of amides is 1. The number of hydrogen-bond acceptors (Lipinski definition) is 4. The summed E-state index contributed by atoms with van der Waals surface area (Å²) >= 11 is 0. The Labute approximate surface area is 123 Å². The highest BCUT2D eigenvalue weighted by Crippen LogP contribution is 2.33. The number of carbonyl (C=O) groups excluding carboxylic acids is 3. The molecule has 0 saturated carbocycles. The fourth-order valence-electron chi connectivity index (χ4n) is 2.45. The maximum Gasteiger partial charge on any atom is 0.414 e. The molecule has 1 aromatic rings. The number of ether oxygens (including phenoxy) is 1. The van der Waals surface area contributed by atoms with Gasteiger partial charge in [-0.05, 0) is 24.1 Å². The molecule has 5 heteroatoms. The molecular formula is C16H17NO4. The monoisotopic (exact) mass is 287 g/mol. The third kappa shape index (κ3) is 3.37. The normalized spacial score (nSPS) is 16.3. The van der Waals surface area contributed by atoms with Crippen LogP contribution in [0.4, 0.5) is 4.79 Å². The summed E-state index contributed by atoms with van der Waals surface area (Å²) in [4.78, 5) is 36.3. The molecule has 1 aliphatic rings. The molecule has 0 radical (unpaired) electrons. The molecule has 21 heavy (non-hydrogen) atoms. The molecule has 1 aliphatic heterocycles. The SMILES string of the molecule is COC(=O)N1C=Cc2ccccc2C1CC(=O)CC(C)=O. The zero-order chi connectivity index (χ0) is 15.4. The summed E-state index contributed by atoms with van der Waals surface area (Å²) in [7, 11) is 1.30. The number of hydrogen-bond donors (Lipinski definition) is 0. The van der Waals surface area contributed by atoms with Gasteiger partial charge >= 0.3 is 6.09 Å². The number of rotatable bonds is 4. The molecule has 1 amide bonds. The van der Waals surface area contributed by atoms with E-state index < -0.39 is 12.1 Å². The van der Waals surface area contributed by atoms with Crippen molar-refractivity contribution in [2.45, 2.75) is 25.8 Å². The Morgan fingerprint density at radius 3 is 2.62 bits per heavy atom. The topological polar surface area (TPSA) is 63.7 Å². The zero-order valence-electron chi connectivity index (χ0n) is 12.0. The van der Waals surface area contributed by atoms with Crippen molar-refractivity contribution in [1.29, 1.82) is 0 Å². The fraction of sp³-hybridized carbons (Fsp3) is 0.312. The Kier molecular flexibility index (Phi) is 4.52. The number of methoxy groups -OCH3 is 1. The Balaban J connectivity index is 2.31. The molecular weight excluding hydrogens is 270 g/mol. The van der Waals surface area contributed by atoms with Gasteiger partial charge in [-0.15, -0.1) is 0 Å². The van der Waals surface area contributed by atoms with Crippen molar-refractivity contribution in [2.75, 3.05) is 7.11 Å². The lowest BCUT2D eigenvalue weighted by molar-refractivity contribution is -0.126. The first-order chi connectivity index (χ1) is 10.0. The number of fused-ring (bicyclic) bond motifs is 1. The maximum absolute atomic E-state index is 12.0. The van der Waals surface area contributed by atoms with Crippen LogP contribution >= 0.6 is 0 Å². The van der Waals surface area contributed by atoms with Crippen LogP contribution in [0.15, 0.2) is 30.5 Å². The summed E-state index contributed by atoms with van der Waals surface area (Å²) in [5.74, 6) is -0.365. The lowest BCUT2D eigenvalue weighted by Gasteiger charge is -2.31. The summed E-state index contributed by atoms with van der Waals surface area (Å²) < 4.78 is 4.76. The first kappa shape index (κ1) is 15.0. The average Bonchev–Trinajstić information content (AvgIpc) is 2.46. The number of ketones is 2. The van der Waals surface area contributed by atoms with Gasteiger partial charge in [-0.3, -0.25) is 14.5 Å². The quantitative estimate of drug-likeness (QED) is 0.799. The van der Waals surface area contributed by atoms with E-state index in [4.69, 9.17) is 4.74 Å². The van der Waals surface area contributed by atoms with Crippen LogP contribution in [0, 0.1) is 0 Å². The summed E-state index contributed by atoms with van der Waals surface area (Å²) in [6, 6.07) is 7.11. The van der Waals surface area contributed by atoms with E-state index in [0.717, 1.165) is 11.1 Å². The van der Waals surface area contributed by atoms with Crippen molar-refractivity contribution in [3.05, 3.63) is 41.6 Å². The Morgan fingerprint density at radius 2 is 1.95 bits per heavy atom. The largest absolute Gasteiger partial charge is 0.452 e. The van der Waals surface area contributed by atoms with E-state index in [-0.39, 0.29) is 24.4 Å². The van der Waals surface area contributed by atoms with E-state index in [2.05, 4.69) is 0 Å². The summed E-state index contributed by atoms with van der Waals surface area (Å²) in [5, 5.41) is 0. The second-order valence-corrected chi connectivity index (χ2v) is 4.96. The van der Waals surface area contributed by atoms with Gasteiger partial charge in [-0.25, -0.2) is 4.79 Å². The average molecular weight is 287 g/mol. The van der Waals surface area contributed by atoms with Gasteiger partial charge in [0.05, 0.1) is 19.6 Å². The standard InChI is InChI=1S/C16H17NO4/c1-11(18)9-13(19)10-15-14-6-4-3-5-12(14)7-8-17(15)16(20)21-2/h3-8,15H,9-10H2,1-2H3. The summed E-state index contributed by atoms with van der Waals surface area (Å²) in [6.07, 6.45) is 2.87. The van der Waals surface area contributed by atoms with Crippen molar-refractivity contribution in [2.24, 2.45) is 0 Å². The Hall–Kier alpha value is -2.43. The van der Waals surface area contributed by atoms with Crippen LogP contribution < -0.4 is 0 Å². The number of nitrogens with zero attached hydrogens (tertiary/aromatic N) is 1. The van der Waals surface area contributed by atoms with E-state index in [0.29, 0.717) is 0 Å². The van der Waals surface area contributed by atoms with Gasteiger partial charge in [0.1, 0.15) is 11.6 Å². The van der Waals surface area contributed by atoms with E-state index >= 15 is 0 Å². The van der Waals surface area contributed by atoms with E-state index in [9.17, 15) is 14.4 Å². The van der Waals surface area contributed by atoms with E-state index in [1.54, 1.807) is 12.3 Å². The zero-order valence-corrected chi connectivity index (χ0v) is 12.0. The highest BCUT2D eigenvalue weighted by molar-refractivity contribution is 5.98. The lowest BCUT2D eigenvalue weighted by Crippen LogP contribution is -2.33. The van der Waals surface area contributed by atoms with Gasteiger partial charge in [0.2, 0.25) is 0 Å². The van der Waals surface area contributed by atoms with Crippen LogP contribution in [-0.4, -0.2) is 29.7 Å². The van der Waals surface area contributed by atoms with Crippen molar-refractivity contribution < 1.29 is 19.1 Å². The van der Waals surface area contributed by atoms with Gasteiger partial charge in [-0.1, -0.05) is 24.3 Å². The molecule has 0 bridgehead atoms. The van der Waals surface area contributed by atoms with Crippen molar-refractivity contribution in [3.63, 3.8) is 0 Å². The highest BCUT2D eigenvalue weighted by atomic mass is 16.5. The van der Waals surface area contributed by atoms with Crippen molar-refractivity contribution in [1.82, 2.24) is 4.90 Å². The van der Waals surface area contributed by atoms with Gasteiger partial charge < -0.3 is 4.74 Å². The molecule has 1 atom stereocenters. The molecule has 0 aliphatic carbocycles. The lowest BCUT2D eigenvalue weighted by atomic mass is 9.92.